The Hall–Kier alpha value is -2.45. The summed E-state index contributed by atoms with van der Waals surface area (Å²) in [6.45, 7) is 1.84. The number of nitrogens with zero attached hydrogens (tertiary/aromatic N) is 8. The van der Waals surface area contributed by atoms with Crippen molar-refractivity contribution >= 4 is 12.6 Å². The van der Waals surface area contributed by atoms with Crippen molar-refractivity contribution in [1.29, 1.82) is 0 Å². The maximum absolute atomic E-state index is 9.13. The van der Waals surface area contributed by atoms with Gasteiger partial charge in [0.1, 0.15) is 6.67 Å². The van der Waals surface area contributed by atoms with E-state index in [1.165, 1.54) is 0 Å². The van der Waals surface area contributed by atoms with Crippen LogP contribution in [0.15, 0.2) is 10.2 Å². The van der Waals surface area contributed by atoms with Gasteiger partial charge in [-0.1, -0.05) is 17.2 Å². The minimum atomic E-state index is -0.146. The molecule has 92 valence electrons. The lowest BCUT2D eigenvalue weighted by molar-refractivity contribution is 1.03. The zero-order chi connectivity index (χ0) is 13.8. The van der Waals surface area contributed by atoms with Gasteiger partial charge in [0.15, 0.2) is 0 Å². The van der Waals surface area contributed by atoms with E-state index in [1.54, 1.807) is 0 Å². The molecule has 0 saturated carbocycles. The summed E-state index contributed by atoms with van der Waals surface area (Å²) in [6, 6.07) is 3.83. The van der Waals surface area contributed by atoms with E-state index in [1.807, 2.05) is 19.1 Å². The Balaban J connectivity index is -0.000000188. The van der Waals surface area contributed by atoms with Crippen molar-refractivity contribution in [2.45, 2.75) is 13.3 Å². The lowest BCUT2D eigenvalue weighted by atomic mass is 10.5. The highest BCUT2D eigenvalue weighted by Crippen LogP contribution is 1.71. The van der Waals surface area contributed by atoms with Gasteiger partial charge in [-0.05, 0) is 16.8 Å². The van der Waals surface area contributed by atoms with Crippen LogP contribution < -0.4 is 0 Å². The minimum Gasteiger partial charge on any atom is -0.498 e. The maximum Gasteiger partial charge on any atom is 0.318 e. The van der Waals surface area contributed by atoms with Crippen LogP contribution in [0.3, 0.4) is 0 Å². The largest absolute Gasteiger partial charge is 0.498 e. The molecule has 0 aliphatic rings. The zero-order valence-corrected chi connectivity index (χ0v) is 9.86. The van der Waals surface area contributed by atoms with Crippen LogP contribution in [-0.2, 0) is 0 Å². The van der Waals surface area contributed by atoms with E-state index in [0.717, 1.165) is 5.75 Å². The first-order valence-corrected chi connectivity index (χ1v) is 4.61. The van der Waals surface area contributed by atoms with Gasteiger partial charge in [0, 0.05) is 19.8 Å². The first-order valence-electron chi connectivity index (χ1n) is 3.98. The minimum absolute atomic E-state index is 0.0208. The summed E-state index contributed by atoms with van der Waals surface area (Å²) in [5.41, 5.74) is 15.1. The Bertz CT molecular complexity index is 331. The van der Waals surface area contributed by atoms with Gasteiger partial charge in [0.25, 0.3) is 0 Å². The van der Waals surface area contributed by atoms with Crippen molar-refractivity contribution in [2.24, 2.45) is 10.2 Å². The lowest BCUT2D eigenvalue weighted by Crippen LogP contribution is -1.58. The fraction of sp³-hybridized carbons (Fsp3) is 0.667. The number of hydrogen-bond donors (Lipinski definition) is 1. The van der Waals surface area contributed by atoms with Gasteiger partial charge >= 0.3 is 12.1 Å². The van der Waals surface area contributed by atoms with E-state index in [2.05, 4.69) is 42.7 Å². The summed E-state index contributed by atoms with van der Waals surface area (Å²) < 4.78 is 0. The van der Waals surface area contributed by atoms with E-state index >= 15 is 0 Å². The standard InChI is InChI=1S/C3H2N2O2.C2H6S.CH2N6/c6-4-2-1-3-5-7;1-2-3;2-6-4-1-5-7-3/h1H2;3H,2H2,1H3;1H2. The number of hydrogen-bond acceptors (Lipinski definition) is 5. The average Bonchev–Trinajstić information content (AvgIpc) is 2.32. The van der Waals surface area contributed by atoms with Crippen molar-refractivity contribution in [2.75, 3.05) is 12.4 Å². The maximum atomic E-state index is 9.13. The highest BCUT2D eigenvalue weighted by atomic mass is 32.1. The molecule has 0 saturated heterocycles. The fourth-order valence-electron chi connectivity index (χ4n) is 0.185. The number of azide groups is 1. The van der Waals surface area contributed by atoms with Crippen LogP contribution in [0.2, 0.25) is 0 Å². The molecule has 11 heteroatoms. The predicted molar refractivity (Wildman–Crippen MR) is 68.5 cm³/mol. The molecule has 0 amide bonds. The Morgan fingerprint density at radius 2 is 1.47 bits per heavy atom. The van der Waals surface area contributed by atoms with Crippen molar-refractivity contribution in [1.82, 2.24) is 0 Å². The summed E-state index contributed by atoms with van der Waals surface area (Å²) in [6.07, 6.45) is -0.0208. The van der Waals surface area contributed by atoms with E-state index in [-0.39, 0.29) is 13.1 Å². The second-order valence-electron chi connectivity index (χ2n) is 1.59. The third kappa shape index (κ3) is 58.7. The summed E-state index contributed by atoms with van der Waals surface area (Å²) in [5.74, 6) is 0.944. The Labute approximate surface area is 103 Å². The van der Waals surface area contributed by atoms with Crippen LogP contribution in [0.4, 0.5) is 0 Å². The molecule has 0 unspecified atom stereocenters. The van der Waals surface area contributed by atoms with Crippen molar-refractivity contribution in [3.63, 3.8) is 0 Å². The second kappa shape index (κ2) is 29.2. The molecule has 0 heterocycles. The molecule has 0 aromatic rings. The Morgan fingerprint density at radius 3 is 1.71 bits per heavy atom. The topological polar surface area (TPSA) is 152 Å². The monoisotopic (exact) mass is 258 g/mol. The SMILES string of the molecule is CCS.[N-]=[N+]=NCN=[N+]=[N-].[O-][N+]#CCC#[N+][O-]. The molecule has 0 rings (SSSR count). The zero-order valence-electron chi connectivity index (χ0n) is 8.96. The number of thiol groups is 1. The Kier molecular flexibility index (Phi) is 34.4. The summed E-state index contributed by atoms with van der Waals surface area (Å²) in [4.78, 5) is 4.67. The van der Waals surface area contributed by atoms with Gasteiger partial charge in [0.2, 0.25) is 6.42 Å². The highest BCUT2D eigenvalue weighted by Gasteiger charge is 1.82. The highest BCUT2D eigenvalue weighted by molar-refractivity contribution is 7.80. The smallest absolute Gasteiger partial charge is 0.318 e. The lowest BCUT2D eigenvalue weighted by Gasteiger charge is -1.62. The molecule has 0 aliphatic heterocycles. The van der Waals surface area contributed by atoms with Gasteiger partial charge < -0.3 is 10.4 Å². The van der Waals surface area contributed by atoms with Gasteiger partial charge in [-0.2, -0.15) is 12.6 Å². The van der Waals surface area contributed by atoms with Crippen molar-refractivity contribution in [3.8, 4) is 12.1 Å². The van der Waals surface area contributed by atoms with Crippen molar-refractivity contribution < 1.29 is 0 Å². The van der Waals surface area contributed by atoms with Gasteiger partial charge in [-0.15, -0.1) is 0 Å². The van der Waals surface area contributed by atoms with Gasteiger partial charge in [0.05, 0.1) is 0 Å². The third-order valence-electron chi connectivity index (χ3n) is 0.540. The van der Waals surface area contributed by atoms with Crippen LogP contribution in [0.1, 0.15) is 13.3 Å². The molecule has 0 aromatic carbocycles. The molecular weight excluding hydrogens is 248 g/mol. The molecule has 0 aliphatic carbocycles. The normalized spacial score (nSPS) is 5.29. The first kappa shape index (κ1) is 20.0. The molecule has 0 bridgehead atoms. The molecule has 10 nitrogen and oxygen atoms in total. The third-order valence-corrected chi connectivity index (χ3v) is 0.540. The second-order valence-corrected chi connectivity index (χ2v) is 2.23. The molecule has 0 spiro atoms. The molecule has 0 fully saturated rings. The number of rotatable bonds is 2. The quantitative estimate of drug-likeness (QED) is 0.264. The molecular formula is C6H10N8O2S. The van der Waals surface area contributed by atoms with Gasteiger partial charge in [-0.25, -0.2) is 0 Å². The predicted octanol–water partition coefficient (Wildman–Crippen LogP) is 3.54. The molecule has 0 radical (unpaired) electrons. The molecule has 0 N–H and O–H groups in total. The Morgan fingerprint density at radius 1 is 1.12 bits per heavy atom. The van der Waals surface area contributed by atoms with E-state index in [9.17, 15) is 0 Å². The van der Waals surface area contributed by atoms with E-state index in [0.29, 0.717) is 0 Å². The van der Waals surface area contributed by atoms with Crippen LogP contribution in [0, 0.1) is 22.6 Å². The van der Waals surface area contributed by atoms with Crippen LogP contribution in [0.5, 0.6) is 0 Å². The molecule has 0 atom stereocenters. The van der Waals surface area contributed by atoms with E-state index in [4.69, 9.17) is 21.5 Å². The molecule has 0 aromatic heterocycles. The summed E-state index contributed by atoms with van der Waals surface area (Å²) in [5, 5.41) is 28.5. The van der Waals surface area contributed by atoms with Crippen LogP contribution in [-0.4, -0.2) is 12.4 Å². The van der Waals surface area contributed by atoms with E-state index < -0.39 is 0 Å². The average molecular weight is 258 g/mol. The summed E-state index contributed by atoms with van der Waals surface area (Å²) in [7, 11) is 0. The first-order chi connectivity index (χ1) is 8.24. The van der Waals surface area contributed by atoms with Crippen LogP contribution >= 0.6 is 12.6 Å². The fourth-order valence-corrected chi connectivity index (χ4v) is 0.185. The molecule has 17 heavy (non-hydrogen) atoms. The summed E-state index contributed by atoms with van der Waals surface area (Å²) >= 11 is 3.79. The van der Waals surface area contributed by atoms with Crippen molar-refractivity contribution in [3.05, 3.63) is 41.3 Å². The van der Waals surface area contributed by atoms with Gasteiger partial charge in [-0.3, -0.25) is 0 Å². The van der Waals surface area contributed by atoms with Crippen LogP contribution in [0.25, 0.3) is 30.9 Å².